The van der Waals surface area contributed by atoms with E-state index in [0.29, 0.717) is 36.8 Å². The van der Waals surface area contributed by atoms with Crippen LogP contribution in [0.15, 0.2) is 66.7 Å². The number of ether oxygens (including phenoxy) is 2. The molecule has 6 nitrogen and oxygen atoms in total. The number of aromatic carboxylic acids is 1. The van der Waals surface area contributed by atoms with Gasteiger partial charge in [-0.15, -0.1) is 0 Å². The molecule has 0 unspecified atom stereocenters. The lowest BCUT2D eigenvalue weighted by atomic mass is 10.1. The van der Waals surface area contributed by atoms with Gasteiger partial charge in [0.05, 0.1) is 14.2 Å². The van der Waals surface area contributed by atoms with Crippen molar-refractivity contribution in [3.63, 3.8) is 0 Å². The van der Waals surface area contributed by atoms with Gasteiger partial charge in [0.25, 0.3) is 0 Å². The fraction of sp³-hybridized carbons (Fsp3) is 0.222. The Bertz CT molecular complexity index is 1280. The number of aromatic nitrogens is 1. The van der Waals surface area contributed by atoms with Crippen LogP contribution in [-0.2, 0) is 19.6 Å². The second-order valence-corrected chi connectivity index (χ2v) is 7.98. The molecule has 0 bridgehead atoms. The van der Waals surface area contributed by atoms with E-state index >= 15 is 0 Å². The summed E-state index contributed by atoms with van der Waals surface area (Å²) in [6.07, 6.45) is 0. The molecule has 6 heteroatoms. The van der Waals surface area contributed by atoms with E-state index in [1.165, 1.54) is 0 Å². The molecule has 33 heavy (non-hydrogen) atoms. The molecule has 0 aliphatic carbocycles. The van der Waals surface area contributed by atoms with Gasteiger partial charge in [-0.2, -0.15) is 0 Å². The number of para-hydroxylation sites is 1. The maximum absolute atomic E-state index is 12.4. The molecule has 0 aliphatic heterocycles. The zero-order valence-electron chi connectivity index (χ0n) is 19.1. The molecule has 4 rings (SSSR count). The molecule has 0 fully saturated rings. The number of methoxy groups -OCH3 is 2. The highest BCUT2D eigenvalue weighted by Crippen LogP contribution is 2.31. The first-order chi connectivity index (χ1) is 16.0. The van der Waals surface area contributed by atoms with Crippen LogP contribution in [0.3, 0.4) is 0 Å². The predicted molar refractivity (Wildman–Crippen MR) is 129 cm³/mol. The minimum absolute atomic E-state index is 0.310. The third kappa shape index (κ3) is 4.56. The van der Waals surface area contributed by atoms with Crippen LogP contribution >= 0.6 is 0 Å². The average molecular weight is 445 g/mol. The molecule has 0 spiro atoms. The van der Waals surface area contributed by atoms with Gasteiger partial charge in [0, 0.05) is 41.7 Å². The molecule has 0 amide bonds. The summed E-state index contributed by atoms with van der Waals surface area (Å²) in [6, 6.07) is 21.8. The minimum atomic E-state index is -0.935. The Balaban J connectivity index is 1.70. The molecule has 170 valence electrons. The average Bonchev–Trinajstić information content (AvgIpc) is 3.12. The molecule has 0 atom stereocenters. The lowest BCUT2D eigenvalue weighted by Gasteiger charge is -2.13. The van der Waals surface area contributed by atoms with Crippen molar-refractivity contribution in [2.45, 2.75) is 26.6 Å². The topological polar surface area (TPSA) is 72.7 Å². The summed E-state index contributed by atoms with van der Waals surface area (Å²) >= 11 is 0. The summed E-state index contributed by atoms with van der Waals surface area (Å²) in [5, 5.41) is 14.5. The Hall–Kier alpha value is -3.77. The Labute approximate surface area is 193 Å². The fourth-order valence-electron chi connectivity index (χ4n) is 4.30. The number of carbonyl (C=O) groups is 1. The van der Waals surface area contributed by atoms with Crippen molar-refractivity contribution in [3.8, 4) is 11.5 Å². The number of hydrogen-bond acceptors (Lipinski definition) is 4. The van der Waals surface area contributed by atoms with E-state index in [9.17, 15) is 9.90 Å². The number of nitrogens with zero attached hydrogens (tertiary/aromatic N) is 1. The molecular formula is C27H28N2O4. The van der Waals surface area contributed by atoms with E-state index < -0.39 is 5.97 Å². The van der Waals surface area contributed by atoms with Gasteiger partial charge in [0.1, 0.15) is 5.69 Å². The van der Waals surface area contributed by atoms with Crippen LogP contribution < -0.4 is 14.8 Å². The number of carboxylic acids is 1. The normalized spacial score (nSPS) is 11.0. The number of hydrogen-bond donors (Lipinski definition) is 2. The van der Waals surface area contributed by atoms with Crippen molar-refractivity contribution in [2.24, 2.45) is 0 Å². The van der Waals surface area contributed by atoms with Crippen molar-refractivity contribution in [1.29, 1.82) is 0 Å². The standard InChI is InChI=1S/C27H28N2O4/c1-18-12-13-21-22(16-28-15-20-10-7-11-24(32-2)26(20)33-3)25(27(30)31)29(23(21)14-18)17-19-8-5-4-6-9-19/h4-14,28H,15-17H2,1-3H3,(H,30,31). The van der Waals surface area contributed by atoms with Crippen LogP contribution in [0.25, 0.3) is 10.9 Å². The maximum Gasteiger partial charge on any atom is 0.352 e. The Morgan fingerprint density at radius 2 is 1.76 bits per heavy atom. The van der Waals surface area contributed by atoms with Crippen LogP contribution in [0.1, 0.15) is 32.7 Å². The monoisotopic (exact) mass is 444 g/mol. The van der Waals surface area contributed by atoms with Crippen molar-refractivity contribution in [3.05, 3.63) is 94.7 Å². The van der Waals surface area contributed by atoms with Crippen molar-refractivity contribution < 1.29 is 19.4 Å². The van der Waals surface area contributed by atoms with Crippen LogP contribution in [-0.4, -0.2) is 29.9 Å². The highest BCUT2D eigenvalue weighted by molar-refractivity contribution is 5.98. The molecule has 1 heterocycles. The van der Waals surface area contributed by atoms with Crippen LogP contribution in [0.2, 0.25) is 0 Å². The predicted octanol–water partition coefficient (Wildman–Crippen LogP) is 5.00. The van der Waals surface area contributed by atoms with Crippen LogP contribution in [0.4, 0.5) is 0 Å². The summed E-state index contributed by atoms with van der Waals surface area (Å²) in [7, 11) is 3.22. The second-order valence-electron chi connectivity index (χ2n) is 7.98. The Kier molecular flexibility index (Phi) is 6.66. The van der Waals surface area contributed by atoms with E-state index in [4.69, 9.17) is 9.47 Å². The molecule has 4 aromatic rings. The molecule has 1 aromatic heterocycles. The highest BCUT2D eigenvalue weighted by atomic mass is 16.5. The maximum atomic E-state index is 12.4. The smallest absolute Gasteiger partial charge is 0.352 e. The van der Waals surface area contributed by atoms with Gasteiger partial charge in [-0.1, -0.05) is 54.6 Å². The number of nitrogens with one attached hydrogen (secondary N) is 1. The molecule has 0 aliphatic rings. The second kappa shape index (κ2) is 9.79. The largest absolute Gasteiger partial charge is 0.493 e. The molecule has 3 aromatic carbocycles. The van der Waals surface area contributed by atoms with Gasteiger partial charge in [-0.3, -0.25) is 0 Å². The summed E-state index contributed by atoms with van der Waals surface area (Å²) in [5.41, 5.74) is 5.09. The summed E-state index contributed by atoms with van der Waals surface area (Å²) < 4.78 is 12.8. The van der Waals surface area contributed by atoms with Gasteiger partial charge in [0.2, 0.25) is 0 Å². The van der Waals surface area contributed by atoms with Gasteiger partial charge in [0.15, 0.2) is 11.5 Å². The van der Waals surface area contributed by atoms with Gasteiger partial charge >= 0.3 is 5.97 Å². The summed E-state index contributed by atoms with van der Waals surface area (Å²) in [4.78, 5) is 12.4. The first kappa shape index (κ1) is 22.4. The lowest BCUT2D eigenvalue weighted by molar-refractivity contribution is 0.0684. The molecule has 0 radical (unpaired) electrons. The number of rotatable bonds is 9. The lowest BCUT2D eigenvalue weighted by Crippen LogP contribution is -2.17. The van der Waals surface area contributed by atoms with Crippen LogP contribution in [0.5, 0.6) is 11.5 Å². The molecule has 0 saturated carbocycles. The van der Waals surface area contributed by atoms with E-state index in [1.54, 1.807) is 14.2 Å². The SMILES string of the molecule is COc1cccc(CNCc2c(C(=O)O)n(Cc3ccccc3)c3cc(C)ccc23)c1OC. The highest BCUT2D eigenvalue weighted by Gasteiger charge is 2.22. The molecule has 0 saturated heterocycles. The van der Waals surface area contributed by atoms with Gasteiger partial charge in [-0.05, 0) is 30.2 Å². The van der Waals surface area contributed by atoms with E-state index in [2.05, 4.69) is 11.4 Å². The number of aryl methyl sites for hydroxylation is 1. The quantitative estimate of drug-likeness (QED) is 0.380. The summed E-state index contributed by atoms with van der Waals surface area (Å²) in [6.45, 7) is 3.43. The molecule has 2 N–H and O–H groups in total. The number of fused-ring (bicyclic) bond motifs is 1. The zero-order chi connectivity index (χ0) is 23.4. The zero-order valence-corrected chi connectivity index (χ0v) is 19.1. The first-order valence-electron chi connectivity index (χ1n) is 10.8. The van der Waals surface area contributed by atoms with E-state index in [0.717, 1.165) is 33.2 Å². The number of benzene rings is 3. The first-order valence-corrected chi connectivity index (χ1v) is 10.8. The minimum Gasteiger partial charge on any atom is -0.493 e. The van der Waals surface area contributed by atoms with Crippen molar-refractivity contribution >= 4 is 16.9 Å². The van der Waals surface area contributed by atoms with Crippen molar-refractivity contribution in [1.82, 2.24) is 9.88 Å². The van der Waals surface area contributed by atoms with Gasteiger partial charge < -0.3 is 24.5 Å². The van der Waals surface area contributed by atoms with Crippen LogP contribution in [0, 0.1) is 6.92 Å². The third-order valence-corrected chi connectivity index (χ3v) is 5.81. The Morgan fingerprint density at radius 1 is 0.970 bits per heavy atom. The van der Waals surface area contributed by atoms with E-state index in [-0.39, 0.29) is 0 Å². The van der Waals surface area contributed by atoms with E-state index in [1.807, 2.05) is 72.2 Å². The molecular weight excluding hydrogens is 416 g/mol. The summed E-state index contributed by atoms with van der Waals surface area (Å²) in [5.74, 6) is 0.404. The van der Waals surface area contributed by atoms with Gasteiger partial charge in [-0.25, -0.2) is 4.79 Å². The fourth-order valence-corrected chi connectivity index (χ4v) is 4.30. The van der Waals surface area contributed by atoms with Crippen molar-refractivity contribution in [2.75, 3.05) is 14.2 Å². The number of carboxylic acid groups (broad SMARTS) is 1. The third-order valence-electron chi connectivity index (χ3n) is 5.81. The Morgan fingerprint density at radius 3 is 2.45 bits per heavy atom.